The Hall–Kier alpha value is -2.43. The highest BCUT2D eigenvalue weighted by Gasteiger charge is 2.29. The third-order valence-electron chi connectivity index (χ3n) is 4.51. The molecule has 0 fully saturated rings. The van der Waals surface area contributed by atoms with E-state index >= 15 is 0 Å². The number of ether oxygens (including phenoxy) is 3. The maximum Gasteiger partial charge on any atom is 0.265 e. The van der Waals surface area contributed by atoms with Gasteiger partial charge in [-0.15, -0.1) is 11.3 Å². The number of aryl methyl sites for hydroxylation is 1. The molecular formula is C18H17ClN2O6S2. The molecule has 0 saturated heterocycles. The van der Waals surface area contributed by atoms with E-state index in [9.17, 15) is 13.2 Å². The fourth-order valence-electron chi connectivity index (χ4n) is 2.94. The van der Waals surface area contributed by atoms with Crippen LogP contribution in [0, 0.1) is 6.92 Å². The van der Waals surface area contributed by atoms with Gasteiger partial charge in [0, 0.05) is 13.5 Å². The molecule has 0 bridgehead atoms. The van der Waals surface area contributed by atoms with E-state index in [1.54, 1.807) is 29.5 Å². The van der Waals surface area contributed by atoms with Crippen LogP contribution in [0.4, 0.5) is 0 Å². The third-order valence-corrected chi connectivity index (χ3v) is 7.42. The van der Waals surface area contributed by atoms with E-state index in [-0.39, 0.29) is 46.5 Å². The summed E-state index contributed by atoms with van der Waals surface area (Å²) in [6.07, 6.45) is 0.0359. The van der Waals surface area contributed by atoms with Crippen molar-refractivity contribution in [2.45, 2.75) is 18.2 Å². The number of fused-ring (bicyclic) bond motifs is 1. The predicted octanol–water partition coefficient (Wildman–Crippen LogP) is 2.77. The molecule has 0 radical (unpaired) electrons. The van der Waals surface area contributed by atoms with E-state index in [2.05, 4.69) is 4.72 Å². The molecule has 2 aromatic rings. The Morgan fingerprint density at radius 3 is 2.69 bits per heavy atom. The molecule has 4 rings (SSSR count). The van der Waals surface area contributed by atoms with Crippen LogP contribution < -0.4 is 14.2 Å². The van der Waals surface area contributed by atoms with Crippen molar-refractivity contribution in [3.8, 4) is 11.5 Å². The van der Waals surface area contributed by atoms with Crippen LogP contribution >= 0.6 is 22.9 Å². The first-order valence-electron chi connectivity index (χ1n) is 8.52. The first-order valence-corrected chi connectivity index (χ1v) is 11.3. The second-order valence-electron chi connectivity index (χ2n) is 6.54. The van der Waals surface area contributed by atoms with Crippen molar-refractivity contribution >= 4 is 38.7 Å². The lowest BCUT2D eigenvalue weighted by atomic mass is 10.0. The topological polar surface area (TPSA) is 94.2 Å². The summed E-state index contributed by atoms with van der Waals surface area (Å²) in [5.41, 5.74) is 1.61. The van der Waals surface area contributed by atoms with Gasteiger partial charge in [0.05, 0.1) is 4.88 Å². The Morgan fingerprint density at radius 1 is 1.28 bits per heavy atom. The molecule has 0 spiro atoms. The molecule has 1 aromatic carbocycles. The zero-order valence-corrected chi connectivity index (χ0v) is 17.9. The van der Waals surface area contributed by atoms with E-state index in [0.717, 1.165) is 22.5 Å². The molecule has 3 heterocycles. The van der Waals surface area contributed by atoms with Crippen molar-refractivity contribution in [3.63, 3.8) is 0 Å². The van der Waals surface area contributed by atoms with E-state index in [0.29, 0.717) is 11.5 Å². The van der Waals surface area contributed by atoms with Crippen LogP contribution in [0.1, 0.15) is 20.8 Å². The summed E-state index contributed by atoms with van der Waals surface area (Å²) >= 11 is 7.11. The zero-order valence-electron chi connectivity index (χ0n) is 15.5. The number of carbonyl (C=O) groups excluding carboxylic acids is 1. The minimum atomic E-state index is -4.04. The second kappa shape index (κ2) is 7.43. The standard InChI is InChI=1S/C18H17ClN2O6S2/c1-10-5-13-14(27-9-26-13)7-11(10)6-12(22)16-15(3-4-28-16)29(23,24)20-18-17(19)21(2)8-25-18/h3-5,7,20H,6,8-9H2,1-2H3. The average molecular weight is 457 g/mol. The number of ketones is 1. The van der Waals surface area contributed by atoms with Crippen LogP contribution in [0.15, 0.2) is 39.5 Å². The third kappa shape index (κ3) is 3.75. The SMILES string of the molecule is Cc1cc2c(cc1CC(=O)c1sccc1S(=O)(=O)NC1=C(Cl)N(C)CO1)OCO2. The lowest BCUT2D eigenvalue weighted by Gasteiger charge is -2.10. The zero-order chi connectivity index (χ0) is 20.8. The molecule has 29 heavy (non-hydrogen) atoms. The molecule has 0 aliphatic carbocycles. The normalized spacial score (nSPS) is 15.6. The van der Waals surface area contributed by atoms with Gasteiger partial charge in [0.15, 0.2) is 29.2 Å². The Morgan fingerprint density at radius 2 is 2.00 bits per heavy atom. The van der Waals surface area contributed by atoms with Crippen molar-refractivity contribution in [1.29, 1.82) is 0 Å². The van der Waals surface area contributed by atoms with Gasteiger partial charge in [-0.3, -0.25) is 4.79 Å². The number of thiophene rings is 1. The van der Waals surface area contributed by atoms with E-state index < -0.39 is 10.0 Å². The number of hydrogen-bond donors (Lipinski definition) is 1. The van der Waals surface area contributed by atoms with Gasteiger partial charge in [0.25, 0.3) is 10.0 Å². The van der Waals surface area contributed by atoms with Gasteiger partial charge in [-0.2, -0.15) is 0 Å². The molecule has 154 valence electrons. The maximum absolute atomic E-state index is 12.9. The van der Waals surface area contributed by atoms with Gasteiger partial charge in [0.2, 0.25) is 12.7 Å². The Labute approximate surface area is 176 Å². The minimum absolute atomic E-state index is 0.0359. The predicted molar refractivity (Wildman–Crippen MR) is 107 cm³/mol. The summed E-state index contributed by atoms with van der Waals surface area (Å²) in [5, 5.41) is 1.71. The fraction of sp³-hybridized carbons (Fsp3) is 0.278. The molecule has 11 heteroatoms. The Balaban J connectivity index is 1.58. The summed E-state index contributed by atoms with van der Waals surface area (Å²) in [4.78, 5) is 14.5. The fourth-order valence-corrected chi connectivity index (χ4v) is 5.55. The molecule has 0 amide bonds. The van der Waals surface area contributed by atoms with Crippen molar-refractivity contribution < 1.29 is 27.4 Å². The van der Waals surface area contributed by atoms with Crippen LogP contribution in [-0.4, -0.2) is 39.7 Å². The Kier molecular flexibility index (Phi) is 5.09. The summed E-state index contributed by atoms with van der Waals surface area (Å²) in [7, 11) is -2.38. The number of hydrogen-bond acceptors (Lipinski definition) is 8. The molecule has 1 aromatic heterocycles. The van der Waals surface area contributed by atoms with E-state index in [1.165, 1.54) is 6.07 Å². The van der Waals surface area contributed by atoms with Crippen molar-refractivity contribution in [1.82, 2.24) is 9.62 Å². The van der Waals surface area contributed by atoms with Gasteiger partial charge in [0.1, 0.15) is 4.90 Å². The second-order valence-corrected chi connectivity index (χ2v) is 9.47. The summed E-state index contributed by atoms with van der Waals surface area (Å²) in [6, 6.07) is 4.95. The largest absolute Gasteiger partial charge is 0.455 e. The molecule has 1 N–H and O–H groups in total. The van der Waals surface area contributed by atoms with Gasteiger partial charge in [-0.1, -0.05) is 11.6 Å². The lowest BCUT2D eigenvalue weighted by molar-refractivity contribution is 0.0993. The maximum atomic E-state index is 12.9. The monoisotopic (exact) mass is 456 g/mol. The van der Waals surface area contributed by atoms with Gasteiger partial charge in [-0.25, -0.2) is 13.1 Å². The molecule has 0 atom stereocenters. The molecule has 2 aliphatic heterocycles. The van der Waals surface area contributed by atoms with Gasteiger partial charge in [-0.05, 0) is 41.6 Å². The smallest absolute Gasteiger partial charge is 0.265 e. The van der Waals surface area contributed by atoms with Gasteiger partial charge >= 0.3 is 0 Å². The van der Waals surface area contributed by atoms with Crippen LogP contribution in [0.25, 0.3) is 0 Å². The lowest BCUT2D eigenvalue weighted by Crippen LogP contribution is -2.25. The molecule has 0 unspecified atom stereocenters. The van der Waals surface area contributed by atoms with Crippen molar-refractivity contribution in [3.05, 3.63) is 50.6 Å². The number of benzene rings is 1. The molecule has 8 nitrogen and oxygen atoms in total. The highest BCUT2D eigenvalue weighted by molar-refractivity contribution is 7.89. The highest BCUT2D eigenvalue weighted by Crippen LogP contribution is 2.35. The van der Waals surface area contributed by atoms with Crippen LogP contribution in [-0.2, 0) is 21.2 Å². The minimum Gasteiger partial charge on any atom is -0.455 e. The highest BCUT2D eigenvalue weighted by atomic mass is 35.5. The number of nitrogens with one attached hydrogen (secondary N) is 1. The molecule has 0 saturated carbocycles. The van der Waals surface area contributed by atoms with Crippen molar-refractivity contribution in [2.24, 2.45) is 0 Å². The number of rotatable bonds is 6. The number of carbonyl (C=O) groups is 1. The van der Waals surface area contributed by atoms with Crippen LogP contribution in [0.3, 0.4) is 0 Å². The summed E-state index contributed by atoms with van der Waals surface area (Å²) in [5.74, 6) is 0.828. The number of sulfonamides is 1. The van der Waals surface area contributed by atoms with E-state index in [1.807, 2.05) is 6.92 Å². The molecular weight excluding hydrogens is 440 g/mol. The summed E-state index contributed by atoms with van der Waals surface area (Å²) < 4.78 is 43.9. The quantitative estimate of drug-likeness (QED) is 0.527. The first kappa shape index (κ1) is 19.9. The first-order chi connectivity index (χ1) is 13.8. The molecule has 2 aliphatic rings. The number of nitrogens with zero attached hydrogens (tertiary/aromatic N) is 1. The Bertz CT molecular complexity index is 1130. The summed E-state index contributed by atoms with van der Waals surface area (Å²) in [6.45, 7) is 2.14. The van der Waals surface area contributed by atoms with Gasteiger partial charge < -0.3 is 19.1 Å². The van der Waals surface area contributed by atoms with Crippen molar-refractivity contribution in [2.75, 3.05) is 20.6 Å². The van der Waals surface area contributed by atoms with Crippen LogP contribution in [0.2, 0.25) is 0 Å². The number of halogens is 1. The average Bonchev–Trinajstić information content (AvgIpc) is 3.39. The van der Waals surface area contributed by atoms with E-state index in [4.69, 9.17) is 25.8 Å². The number of Topliss-reactive ketones (excluding diaryl/α,β-unsaturated/α-hetero) is 1. The van der Waals surface area contributed by atoms with Crippen LogP contribution in [0.5, 0.6) is 11.5 Å².